The number of hydrogen-bond acceptors (Lipinski definition) is 10. The molecule has 1 fully saturated rings. The van der Waals surface area contributed by atoms with Gasteiger partial charge in [-0.25, -0.2) is 4.57 Å². The molecule has 1 rings (SSSR count). The smallest absolute Gasteiger partial charge is 0.462 e. The lowest BCUT2D eigenvalue weighted by Gasteiger charge is -2.43. The van der Waals surface area contributed by atoms with E-state index in [0.717, 1.165) is 70.6 Å². The molecular formula is C48H92NO12P. The van der Waals surface area contributed by atoms with Gasteiger partial charge < -0.3 is 39.5 Å². The molecule has 0 spiro atoms. The molecule has 13 nitrogen and oxygen atoms in total. The van der Waals surface area contributed by atoms with Crippen molar-refractivity contribution in [3.63, 3.8) is 0 Å². The van der Waals surface area contributed by atoms with Crippen molar-refractivity contribution in [2.24, 2.45) is 0 Å². The second-order valence-corrected chi connectivity index (χ2v) is 19.1. The maximum atomic E-state index is 13.7. The summed E-state index contributed by atoms with van der Waals surface area (Å²) >= 11 is 0. The molecule has 62 heavy (non-hydrogen) atoms. The third kappa shape index (κ3) is 31.3. The molecule has 2 unspecified atom stereocenters. The highest BCUT2D eigenvalue weighted by Gasteiger charge is 2.51. The third-order valence-corrected chi connectivity index (χ3v) is 12.5. The Bertz CT molecular complexity index is 1160. The van der Waals surface area contributed by atoms with E-state index in [-0.39, 0.29) is 25.2 Å². The van der Waals surface area contributed by atoms with E-state index in [1.807, 2.05) is 0 Å². The minimum atomic E-state index is -5.22. The lowest BCUT2D eigenvalue weighted by Crippen LogP contribution is -2.65. The molecule has 0 aromatic heterocycles. The van der Waals surface area contributed by atoms with E-state index < -0.39 is 63.1 Å². The van der Waals surface area contributed by atoms with Crippen LogP contribution in [0.4, 0.5) is 0 Å². The van der Waals surface area contributed by atoms with Crippen LogP contribution in [0.3, 0.4) is 0 Å². The van der Waals surface area contributed by atoms with E-state index in [0.29, 0.717) is 19.3 Å². The summed E-state index contributed by atoms with van der Waals surface area (Å²) in [7, 11) is -5.22. The quantitative estimate of drug-likeness (QED) is 0.0221. The van der Waals surface area contributed by atoms with Gasteiger partial charge in [0.2, 0.25) is 5.91 Å². The molecule has 1 aliphatic heterocycles. The van der Waals surface area contributed by atoms with Crippen molar-refractivity contribution in [3.05, 3.63) is 0 Å². The highest BCUT2D eigenvalue weighted by Crippen LogP contribution is 2.42. The number of aliphatic hydroxyl groups excluding tert-OH is 2. The van der Waals surface area contributed by atoms with Crippen LogP contribution in [0, 0.1) is 0 Å². The first-order valence-electron chi connectivity index (χ1n) is 25.3. The van der Waals surface area contributed by atoms with Gasteiger partial charge in [0, 0.05) is 12.8 Å². The van der Waals surface area contributed by atoms with E-state index in [9.17, 15) is 38.9 Å². The standard InChI is InChI=1S/C48H92NO12P/c1-4-7-10-13-16-19-21-24-27-30-33-36-43(52)58-40(35-32-29-26-23-18-15-12-9-6-3)38-42(51)49-45-47(46(61-62(55,56)57)41(39-50)59-48(45)54)60-44(53)37-34-31-28-25-22-20-17-14-11-8-5-2/h40-41,45-48,50,54H,4-39H2,1-3H3,(H,49,51)(H2,55,56,57)/t40?,41-,45-,46-,47-,48?/m1/s1. The van der Waals surface area contributed by atoms with Gasteiger partial charge in [0.05, 0.1) is 13.0 Å². The summed E-state index contributed by atoms with van der Waals surface area (Å²) in [5.74, 6) is -1.70. The van der Waals surface area contributed by atoms with Crippen molar-refractivity contribution in [2.75, 3.05) is 6.61 Å². The molecule has 5 N–H and O–H groups in total. The minimum absolute atomic E-state index is 0.00739. The number of carbonyl (C=O) groups excluding carboxylic acids is 3. The molecule has 366 valence electrons. The second kappa shape index (κ2) is 38.6. The Morgan fingerprint density at radius 1 is 0.581 bits per heavy atom. The van der Waals surface area contributed by atoms with Gasteiger partial charge >= 0.3 is 19.8 Å². The van der Waals surface area contributed by atoms with Crippen LogP contribution in [-0.4, -0.2) is 81.2 Å². The molecule has 1 saturated heterocycles. The third-order valence-electron chi connectivity index (χ3n) is 12.0. The highest BCUT2D eigenvalue weighted by atomic mass is 31.2. The predicted molar refractivity (Wildman–Crippen MR) is 245 cm³/mol. The van der Waals surface area contributed by atoms with Gasteiger partial charge in [-0.05, 0) is 25.7 Å². The van der Waals surface area contributed by atoms with Crippen molar-refractivity contribution < 1.29 is 57.7 Å². The molecule has 0 aromatic carbocycles. The molecular weight excluding hydrogens is 813 g/mol. The maximum Gasteiger partial charge on any atom is 0.470 e. The fourth-order valence-electron chi connectivity index (χ4n) is 8.31. The number of nitrogens with one attached hydrogen (secondary N) is 1. The number of amides is 1. The molecule has 14 heteroatoms. The van der Waals surface area contributed by atoms with Crippen LogP contribution in [0.15, 0.2) is 0 Å². The van der Waals surface area contributed by atoms with Crippen molar-refractivity contribution in [3.8, 4) is 0 Å². The zero-order chi connectivity index (χ0) is 45.7. The first-order valence-corrected chi connectivity index (χ1v) is 26.8. The van der Waals surface area contributed by atoms with Crippen molar-refractivity contribution in [1.82, 2.24) is 5.32 Å². The van der Waals surface area contributed by atoms with E-state index >= 15 is 0 Å². The van der Waals surface area contributed by atoms with Crippen molar-refractivity contribution in [1.29, 1.82) is 0 Å². The number of phosphoric acid groups is 1. The summed E-state index contributed by atoms with van der Waals surface area (Å²) in [6.07, 6.45) is 27.8. The number of phosphoric ester groups is 1. The van der Waals surface area contributed by atoms with E-state index in [1.54, 1.807) is 0 Å². The molecule has 0 aromatic rings. The number of carbonyl (C=O) groups is 3. The summed E-state index contributed by atoms with van der Waals surface area (Å²) in [6, 6.07) is -1.50. The lowest BCUT2D eigenvalue weighted by molar-refractivity contribution is -0.256. The zero-order valence-corrected chi connectivity index (χ0v) is 40.3. The van der Waals surface area contributed by atoms with Crippen LogP contribution in [-0.2, 0) is 37.7 Å². The lowest BCUT2D eigenvalue weighted by atomic mass is 9.96. The zero-order valence-electron chi connectivity index (χ0n) is 39.4. The Labute approximate surface area is 376 Å². The van der Waals surface area contributed by atoms with Gasteiger partial charge in [-0.15, -0.1) is 0 Å². The van der Waals surface area contributed by atoms with Gasteiger partial charge in [0.25, 0.3) is 0 Å². The van der Waals surface area contributed by atoms with Gasteiger partial charge in [-0.2, -0.15) is 0 Å². The number of ether oxygens (including phenoxy) is 3. The van der Waals surface area contributed by atoms with Crippen LogP contribution in [0.25, 0.3) is 0 Å². The Morgan fingerprint density at radius 2 is 0.968 bits per heavy atom. The monoisotopic (exact) mass is 906 g/mol. The first-order chi connectivity index (χ1) is 29.9. The Hall–Kier alpha value is -1.60. The summed E-state index contributed by atoms with van der Waals surface area (Å²) < 4.78 is 34.1. The maximum absolute atomic E-state index is 13.7. The first kappa shape index (κ1) is 58.4. The number of esters is 2. The van der Waals surface area contributed by atoms with E-state index in [2.05, 4.69) is 26.1 Å². The normalized spacial score (nSPS) is 19.6. The van der Waals surface area contributed by atoms with Gasteiger partial charge in [-0.3, -0.25) is 18.9 Å². The molecule has 6 atom stereocenters. The fraction of sp³-hybridized carbons (Fsp3) is 0.938. The topological polar surface area (TPSA) is 198 Å². The van der Waals surface area contributed by atoms with Crippen LogP contribution in [0.1, 0.15) is 245 Å². The fourth-order valence-corrected chi connectivity index (χ4v) is 8.88. The average Bonchev–Trinajstić information content (AvgIpc) is 3.22. The summed E-state index contributed by atoms with van der Waals surface area (Å²) in [5.41, 5.74) is 0. The molecule has 0 radical (unpaired) electrons. The van der Waals surface area contributed by atoms with Crippen LogP contribution in [0.2, 0.25) is 0 Å². The Kier molecular flexibility index (Phi) is 36.4. The predicted octanol–water partition coefficient (Wildman–Crippen LogP) is 11.2. The number of rotatable bonds is 42. The van der Waals surface area contributed by atoms with Gasteiger partial charge in [-0.1, -0.05) is 201 Å². The Balaban J connectivity index is 2.87. The Morgan fingerprint density at radius 3 is 1.37 bits per heavy atom. The summed E-state index contributed by atoms with van der Waals surface area (Å²) in [5, 5.41) is 23.7. The summed E-state index contributed by atoms with van der Waals surface area (Å²) in [4.78, 5) is 59.4. The number of unbranched alkanes of at least 4 members (excludes halogenated alkanes) is 28. The highest BCUT2D eigenvalue weighted by molar-refractivity contribution is 7.46. The molecule has 1 aliphatic rings. The number of hydrogen-bond donors (Lipinski definition) is 5. The van der Waals surface area contributed by atoms with E-state index in [4.69, 9.17) is 18.7 Å². The van der Waals surface area contributed by atoms with Crippen molar-refractivity contribution in [2.45, 2.75) is 282 Å². The number of aliphatic hydroxyl groups is 2. The molecule has 1 heterocycles. The SMILES string of the molecule is CCCCCCCCCCCCCC(=O)OC(CCCCCCCCCCC)CC(=O)N[C@H]1C(O)O[C@H](CO)[C@@H](OP(=O)(O)O)[C@@H]1OC(=O)CCCCCCCCCCCCC. The van der Waals surface area contributed by atoms with Crippen LogP contribution >= 0.6 is 7.82 Å². The minimum Gasteiger partial charge on any atom is -0.462 e. The summed E-state index contributed by atoms with van der Waals surface area (Å²) in [6.45, 7) is 5.81. The van der Waals surface area contributed by atoms with Gasteiger partial charge in [0.1, 0.15) is 24.4 Å². The van der Waals surface area contributed by atoms with Crippen molar-refractivity contribution >= 4 is 25.7 Å². The molecule has 0 bridgehead atoms. The molecule has 0 aliphatic carbocycles. The van der Waals surface area contributed by atoms with E-state index in [1.165, 1.54) is 116 Å². The second-order valence-electron chi connectivity index (χ2n) is 17.9. The molecule has 1 amide bonds. The van der Waals surface area contributed by atoms with Gasteiger partial charge in [0.15, 0.2) is 12.4 Å². The average molecular weight is 906 g/mol. The molecule has 0 saturated carbocycles. The van der Waals surface area contributed by atoms with Crippen LogP contribution in [0.5, 0.6) is 0 Å². The van der Waals surface area contributed by atoms with Crippen LogP contribution < -0.4 is 5.32 Å². The largest absolute Gasteiger partial charge is 0.470 e.